The van der Waals surface area contributed by atoms with Gasteiger partial charge in [-0.15, -0.1) is 0 Å². The van der Waals surface area contributed by atoms with Gasteiger partial charge in [-0.3, -0.25) is 0 Å². The molecule has 2 N–H and O–H groups in total. The van der Waals surface area contributed by atoms with Gasteiger partial charge in [-0.05, 0) is 49.1 Å². The van der Waals surface area contributed by atoms with Crippen molar-refractivity contribution >= 4 is 22.7 Å². The van der Waals surface area contributed by atoms with Gasteiger partial charge in [-0.2, -0.15) is 4.98 Å². The second-order valence-electron chi connectivity index (χ2n) is 6.95. The molecule has 1 aliphatic rings. The van der Waals surface area contributed by atoms with Gasteiger partial charge < -0.3 is 20.1 Å². The molecule has 2 aromatic carbocycles. The average molecular weight is 378 g/mol. The van der Waals surface area contributed by atoms with Crippen LogP contribution in [0.2, 0.25) is 0 Å². The van der Waals surface area contributed by atoms with E-state index in [1.165, 1.54) is 5.56 Å². The molecular weight excluding hydrogens is 352 g/mol. The Balaban J connectivity index is 1.43. The van der Waals surface area contributed by atoms with E-state index in [1.54, 1.807) is 7.11 Å². The maximum absolute atomic E-state index is 5.72. The monoisotopic (exact) mass is 378 g/mol. The first-order valence-corrected chi connectivity index (χ1v) is 9.81. The standard InChI is InChI=1S/C22H26N4O2/c1-27-17-10-8-16(9-11-17)12-13-23-22-25-20-7-3-2-6-19(20)21(26-22)24-15-18-5-4-14-28-18/h2-3,6-11,18H,4-5,12-15H2,1H3,(H2,23,24,25,26). The number of para-hydroxylation sites is 1. The van der Waals surface area contributed by atoms with E-state index in [9.17, 15) is 0 Å². The molecule has 1 unspecified atom stereocenters. The molecule has 0 bridgehead atoms. The Hall–Kier alpha value is -2.86. The van der Waals surface area contributed by atoms with E-state index in [1.807, 2.05) is 36.4 Å². The fourth-order valence-corrected chi connectivity index (χ4v) is 3.42. The molecule has 1 saturated heterocycles. The molecule has 0 aliphatic carbocycles. The number of aromatic nitrogens is 2. The van der Waals surface area contributed by atoms with Crippen LogP contribution in [0.1, 0.15) is 18.4 Å². The summed E-state index contributed by atoms with van der Waals surface area (Å²) in [7, 11) is 1.68. The Bertz CT molecular complexity index is 908. The Morgan fingerprint density at radius 3 is 2.71 bits per heavy atom. The summed E-state index contributed by atoms with van der Waals surface area (Å²) in [6.07, 6.45) is 3.39. The van der Waals surface area contributed by atoms with Gasteiger partial charge in [0.2, 0.25) is 5.95 Å². The lowest BCUT2D eigenvalue weighted by Crippen LogP contribution is -2.19. The molecule has 1 fully saturated rings. The highest BCUT2D eigenvalue weighted by atomic mass is 16.5. The van der Waals surface area contributed by atoms with Crippen molar-refractivity contribution in [2.24, 2.45) is 0 Å². The molecule has 28 heavy (non-hydrogen) atoms. The predicted octanol–water partition coefficient (Wildman–Crippen LogP) is 3.88. The largest absolute Gasteiger partial charge is 0.497 e. The maximum atomic E-state index is 5.72. The zero-order chi connectivity index (χ0) is 19.2. The third kappa shape index (κ3) is 4.51. The molecule has 6 nitrogen and oxygen atoms in total. The van der Waals surface area contributed by atoms with Crippen LogP contribution in [0.4, 0.5) is 11.8 Å². The number of nitrogens with zero attached hydrogens (tertiary/aromatic N) is 2. The number of hydrogen-bond donors (Lipinski definition) is 2. The van der Waals surface area contributed by atoms with E-state index in [4.69, 9.17) is 14.5 Å². The number of rotatable bonds is 8. The van der Waals surface area contributed by atoms with Crippen molar-refractivity contribution in [2.45, 2.75) is 25.4 Å². The Labute approximate surface area is 165 Å². The van der Waals surface area contributed by atoms with Gasteiger partial charge in [0.15, 0.2) is 0 Å². The molecule has 4 rings (SSSR count). The van der Waals surface area contributed by atoms with Crippen molar-refractivity contribution in [3.05, 3.63) is 54.1 Å². The fraction of sp³-hybridized carbons (Fsp3) is 0.364. The van der Waals surface area contributed by atoms with Crippen LogP contribution in [0.5, 0.6) is 5.75 Å². The first-order chi connectivity index (χ1) is 13.8. The first-order valence-electron chi connectivity index (χ1n) is 9.81. The van der Waals surface area contributed by atoms with Gasteiger partial charge in [-0.1, -0.05) is 24.3 Å². The summed E-state index contributed by atoms with van der Waals surface area (Å²) in [5, 5.41) is 7.85. The van der Waals surface area contributed by atoms with Crippen LogP contribution in [0.3, 0.4) is 0 Å². The van der Waals surface area contributed by atoms with Crippen molar-refractivity contribution < 1.29 is 9.47 Å². The highest BCUT2D eigenvalue weighted by Gasteiger charge is 2.16. The van der Waals surface area contributed by atoms with E-state index in [0.29, 0.717) is 5.95 Å². The van der Waals surface area contributed by atoms with Gasteiger partial charge in [-0.25, -0.2) is 4.98 Å². The Morgan fingerprint density at radius 2 is 1.93 bits per heavy atom. The first kappa shape index (κ1) is 18.5. The summed E-state index contributed by atoms with van der Waals surface area (Å²) in [6, 6.07) is 16.2. The number of anilines is 2. The molecule has 6 heteroatoms. The highest BCUT2D eigenvalue weighted by molar-refractivity contribution is 5.90. The summed E-state index contributed by atoms with van der Waals surface area (Å²) < 4.78 is 10.9. The summed E-state index contributed by atoms with van der Waals surface area (Å²) in [6.45, 7) is 2.39. The SMILES string of the molecule is COc1ccc(CCNc2nc(NCC3CCCO3)c3ccccc3n2)cc1. The number of benzene rings is 2. The third-order valence-electron chi connectivity index (χ3n) is 4.98. The molecule has 1 aliphatic heterocycles. The topological polar surface area (TPSA) is 68.3 Å². The van der Waals surface area contributed by atoms with Crippen LogP contribution >= 0.6 is 0 Å². The molecule has 146 valence electrons. The van der Waals surface area contributed by atoms with E-state index >= 15 is 0 Å². The van der Waals surface area contributed by atoms with Crippen LogP contribution in [0.15, 0.2) is 48.5 Å². The minimum absolute atomic E-state index is 0.264. The molecule has 1 atom stereocenters. The highest BCUT2D eigenvalue weighted by Crippen LogP contribution is 2.23. The third-order valence-corrected chi connectivity index (χ3v) is 4.98. The minimum atomic E-state index is 0.264. The van der Waals surface area contributed by atoms with Crippen molar-refractivity contribution in [1.82, 2.24) is 9.97 Å². The van der Waals surface area contributed by atoms with E-state index in [0.717, 1.165) is 61.4 Å². The quantitative estimate of drug-likeness (QED) is 0.620. The minimum Gasteiger partial charge on any atom is -0.497 e. The average Bonchev–Trinajstić information content (AvgIpc) is 3.26. The summed E-state index contributed by atoms with van der Waals surface area (Å²) in [5.41, 5.74) is 2.17. The summed E-state index contributed by atoms with van der Waals surface area (Å²) in [4.78, 5) is 9.37. The zero-order valence-electron chi connectivity index (χ0n) is 16.1. The van der Waals surface area contributed by atoms with E-state index in [-0.39, 0.29) is 6.10 Å². The van der Waals surface area contributed by atoms with Crippen LogP contribution in [0, 0.1) is 0 Å². The van der Waals surface area contributed by atoms with Gasteiger partial charge in [0.25, 0.3) is 0 Å². The van der Waals surface area contributed by atoms with Crippen molar-refractivity contribution in [2.75, 3.05) is 37.4 Å². The summed E-state index contributed by atoms with van der Waals surface area (Å²) in [5.74, 6) is 2.37. The second kappa shape index (κ2) is 8.89. The number of fused-ring (bicyclic) bond motifs is 1. The lowest BCUT2D eigenvalue weighted by molar-refractivity contribution is 0.120. The molecule has 1 aromatic heterocycles. The molecule has 0 saturated carbocycles. The molecule has 2 heterocycles. The van der Waals surface area contributed by atoms with Crippen LogP contribution in [-0.4, -0.2) is 42.9 Å². The van der Waals surface area contributed by atoms with Crippen molar-refractivity contribution in [3.63, 3.8) is 0 Å². The van der Waals surface area contributed by atoms with Crippen LogP contribution in [0.25, 0.3) is 10.9 Å². The molecule has 0 spiro atoms. The fourth-order valence-electron chi connectivity index (χ4n) is 3.42. The predicted molar refractivity (Wildman–Crippen MR) is 112 cm³/mol. The van der Waals surface area contributed by atoms with Gasteiger partial charge in [0, 0.05) is 25.1 Å². The van der Waals surface area contributed by atoms with Crippen molar-refractivity contribution in [3.8, 4) is 5.75 Å². The second-order valence-corrected chi connectivity index (χ2v) is 6.95. The Morgan fingerprint density at radius 1 is 1.07 bits per heavy atom. The van der Waals surface area contributed by atoms with Crippen LogP contribution in [-0.2, 0) is 11.2 Å². The molecular formula is C22H26N4O2. The number of ether oxygens (including phenoxy) is 2. The van der Waals surface area contributed by atoms with E-state index < -0.39 is 0 Å². The lowest BCUT2D eigenvalue weighted by atomic mass is 10.1. The van der Waals surface area contributed by atoms with Crippen molar-refractivity contribution in [1.29, 1.82) is 0 Å². The number of nitrogens with one attached hydrogen (secondary N) is 2. The normalized spacial score (nSPS) is 16.2. The van der Waals surface area contributed by atoms with Gasteiger partial charge >= 0.3 is 0 Å². The van der Waals surface area contributed by atoms with Gasteiger partial charge in [0.05, 0.1) is 18.7 Å². The molecule has 0 amide bonds. The lowest BCUT2D eigenvalue weighted by Gasteiger charge is -2.14. The molecule has 3 aromatic rings. The maximum Gasteiger partial charge on any atom is 0.225 e. The smallest absolute Gasteiger partial charge is 0.225 e. The van der Waals surface area contributed by atoms with Crippen LogP contribution < -0.4 is 15.4 Å². The van der Waals surface area contributed by atoms with Gasteiger partial charge in [0.1, 0.15) is 11.6 Å². The van der Waals surface area contributed by atoms with E-state index in [2.05, 4.69) is 27.8 Å². The zero-order valence-corrected chi connectivity index (χ0v) is 16.1. The summed E-state index contributed by atoms with van der Waals surface area (Å²) >= 11 is 0. The number of methoxy groups -OCH3 is 1. The number of hydrogen-bond acceptors (Lipinski definition) is 6. The molecule has 0 radical (unpaired) electrons. The Kier molecular flexibility index (Phi) is 5.87.